The van der Waals surface area contributed by atoms with E-state index in [4.69, 9.17) is 9.15 Å². The van der Waals surface area contributed by atoms with Crippen LogP contribution in [0.3, 0.4) is 0 Å². The Balaban J connectivity index is 1.77. The number of rotatable bonds is 5. The summed E-state index contributed by atoms with van der Waals surface area (Å²) in [4.78, 5) is 8.10. The molecule has 1 N–H and O–H groups in total. The lowest BCUT2D eigenvalue weighted by Crippen LogP contribution is -2.18. The quantitative estimate of drug-likeness (QED) is 0.779. The van der Waals surface area contributed by atoms with Crippen LogP contribution in [0.25, 0.3) is 11.0 Å². The second-order valence-corrected chi connectivity index (χ2v) is 4.83. The van der Waals surface area contributed by atoms with Crippen LogP contribution in [0.1, 0.15) is 24.4 Å². The summed E-state index contributed by atoms with van der Waals surface area (Å²) in [6.45, 7) is 2.73. The largest absolute Gasteiger partial charge is 0.493 e. The highest BCUT2D eigenvalue weighted by Crippen LogP contribution is 2.30. The molecule has 0 aliphatic rings. The summed E-state index contributed by atoms with van der Waals surface area (Å²) in [5.41, 5.74) is 1.73. The Kier molecular flexibility index (Phi) is 3.83. The van der Waals surface area contributed by atoms with E-state index in [1.165, 1.54) is 0 Å². The highest BCUT2D eigenvalue weighted by molar-refractivity contribution is 5.83. The van der Waals surface area contributed by atoms with Crippen LogP contribution in [0.15, 0.2) is 47.3 Å². The molecule has 3 aromatic rings. The Hall–Kier alpha value is -2.40. The Bertz CT molecular complexity index is 725. The molecular weight excluding hydrogens is 266 g/mol. The van der Waals surface area contributed by atoms with Gasteiger partial charge in [0.2, 0.25) is 0 Å². The number of nitrogens with zero attached hydrogens (tertiary/aromatic N) is 2. The van der Waals surface area contributed by atoms with Gasteiger partial charge in [0.1, 0.15) is 12.1 Å². The van der Waals surface area contributed by atoms with Crippen molar-refractivity contribution < 1.29 is 9.15 Å². The van der Waals surface area contributed by atoms with Gasteiger partial charge in [0.15, 0.2) is 11.3 Å². The van der Waals surface area contributed by atoms with Crippen molar-refractivity contribution in [1.82, 2.24) is 15.3 Å². The van der Waals surface area contributed by atoms with E-state index in [0.29, 0.717) is 6.54 Å². The van der Waals surface area contributed by atoms with E-state index in [0.717, 1.165) is 28.2 Å². The molecule has 0 spiro atoms. The number of methoxy groups -OCH3 is 1. The molecule has 0 bridgehead atoms. The molecule has 0 aliphatic heterocycles. The van der Waals surface area contributed by atoms with E-state index in [9.17, 15) is 0 Å². The first kappa shape index (κ1) is 13.6. The number of hydrogen-bond donors (Lipinski definition) is 1. The lowest BCUT2D eigenvalue weighted by molar-refractivity contribution is 0.399. The van der Waals surface area contributed by atoms with Gasteiger partial charge in [-0.15, -0.1) is 0 Å². The Labute approximate surface area is 123 Å². The van der Waals surface area contributed by atoms with Crippen LogP contribution in [0, 0.1) is 0 Å². The molecule has 2 heterocycles. The first-order chi connectivity index (χ1) is 10.3. The number of fused-ring (bicyclic) bond motifs is 1. The molecule has 21 heavy (non-hydrogen) atoms. The third-order valence-electron chi connectivity index (χ3n) is 3.41. The predicted octanol–water partition coefficient (Wildman–Crippen LogP) is 3.08. The normalized spacial score (nSPS) is 12.5. The van der Waals surface area contributed by atoms with Gasteiger partial charge in [0.05, 0.1) is 18.8 Å². The van der Waals surface area contributed by atoms with Crippen molar-refractivity contribution >= 4 is 11.0 Å². The summed E-state index contributed by atoms with van der Waals surface area (Å²) >= 11 is 0. The zero-order valence-electron chi connectivity index (χ0n) is 12.0. The first-order valence-corrected chi connectivity index (χ1v) is 6.82. The van der Waals surface area contributed by atoms with Gasteiger partial charge >= 0.3 is 0 Å². The Morgan fingerprint density at radius 1 is 1.33 bits per heavy atom. The Morgan fingerprint density at radius 3 is 3.00 bits per heavy atom. The summed E-state index contributed by atoms with van der Waals surface area (Å²) in [5, 5.41) is 4.43. The second kappa shape index (κ2) is 5.93. The van der Waals surface area contributed by atoms with Crippen LogP contribution in [0.2, 0.25) is 0 Å². The molecule has 1 atom stereocenters. The number of hydrogen-bond acceptors (Lipinski definition) is 5. The summed E-state index contributed by atoms with van der Waals surface area (Å²) in [7, 11) is 1.65. The van der Waals surface area contributed by atoms with Crippen LogP contribution in [-0.4, -0.2) is 17.1 Å². The average molecular weight is 283 g/mol. The van der Waals surface area contributed by atoms with Crippen LogP contribution in [0.5, 0.6) is 5.75 Å². The average Bonchev–Trinajstić information content (AvgIpc) is 2.97. The third kappa shape index (κ3) is 2.87. The van der Waals surface area contributed by atoms with Crippen molar-refractivity contribution in [2.45, 2.75) is 19.5 Å². The van der Waals surface area contributed by atoms with Crippen LogP contribution in [-0.2, 0) is 6.54 Å². The fourth-order valence-electron chi connectivity index (χ4n) is 2.21. The smallest absolute Gasteiger partial charge is 0.176 e. The maximum Gasteiger partial charge on any atom is 0.176 e. The molecule has 0 saturated carbocycles. The minimum Gasteiger partial charge on any atom is -0.493 e. The zero-order valence-corrected chi connectivity index (χ0v) is 12.0. The zero-order chi connectivity index (χ0) is 14.7. The molecule has 0 amide bonds. The molecule has 0 aliphatic carbocycles. The number of aromatic nitrogens is 2. The lowest BCUT2D eigenvalue weighted by atomic mass is 10.2. The van der Waals surface area contributed by atoms with Gasteiger partial charge in [-0.25, -0.2) is 9.97 Å². The molecule has 2 aromatic heterocycles. The van der Waals surface area contributed by atoms with E-state index >= 15 is 0 Å². The Morgan fingerprint density at radius 2 is 2.24 bits per heavy atom. The molecule has 0 fully saturated rings. The monoisotopic (exact) mass is 283 g/mol. The predicted molar refractivity (Wildman–Crippen MR) is 80.1 cm³/mol. The van der Waals surface area contributed by atoms with Crippen molar-refractivity contribution in [1.29, 1.82) is 0 Å². The van der Waals surface area contributed by atoms with E-state index in [-0.39, 0.29) is 6.04 Å². The number of para-hydroxylation sites is 1. The van der Waals surface area contributed by atoms with E-state index in [1.54, 1.807) is 19.6 Å². The van der Waals surface area contributed by atoms with Crippen molar-refractivity contribution in [3.8, 4) is 5.75 Å². The van der Waals surface area contributed by atoms with Crippen molar-refractivity contribution in [3.63, 3.8) is 0 Å². The fraction of sp³-hybridized carbons (Fsp3) is 0.250. The van der Waals surface area contributed by atoms with Crippen molar-refractivity contribution in [3.05, 3.63) is 54.3 Å². The summed E-state index contributed by atoms with van der Waals surface area (Å²) < 4.78 is 11.2. The van der Waals surface area contributed by atoms with Gasteiger partial charge in [-0.05, 0) is 25.1 Å². The van der Waals surface area contributed by atoms with E-state index < -0.39 is 0 Å². The maximum absolute atomic E-state index is 5.92. The molecular formula is C16H17N3O2. The molecule has 0 saturated heterocycles. The molecule has 1 aromatic carbocycles. The van der Waals surface area contributed by atoms with Crippen LogP contribution >= 0.6 is 0 Å². The summed E-state index contributed by atoms with van der Waals surface area (Å²) in [5.74, 6) is 1.63. The number of nitrogens with one attached hydrogen (secondary N) is 1. The lowest BCUT2D eigenvalue weighted by Gasteiger charge is -2.10. The van der Waals surface area contributed by atoms with Crippen LogP contribution in [0.4, 0.5) is 0 Å². The maximum atomic E-state index is 5.92. The standard InChI is InChI=1S/C16H17N3O2/c1-11(18-9-13-6-7-17-10-19-13)15-8-12-4-3-5-14(20-2)16(12)21-15/h3-8,10-11,18H,9H2,1-2H3. The van der Waals surface area contributed by atoms with Gasteiger partial charge in [-0.1, -0.05) is 12.1 Å². The molecule has 108 valence electrons. The van der Waals surface area contributed by atoms with Gasteiger partial charge in [-0.2, -0.15) is 0 Å². The van der Waals surface area contributed by atoms with Crippen molar-refractivity contribution in [2.75, 3.05) is 7.11 Å². The van der Waals surface area contributed by atoms with Gasteiger partial charge in [-0.3, -0.25) is 0 Å². The molecule has 5 heteroatoms. The number of furan rings is 1. The third-order valence-corrected chi connectivity index (χ3v) is 3.41. The van der Waals surface area contributed by atoms with E-state index in [1.807, 2.05) is 30.3 Å². The number of benzene rings is 1. The number of ether oxygens (including phenoxy) is 1. The summed E-state index contributed by atoms with van der Waals surface area (Å²) in [6, 6.07) is 9.88. The molecule has 5 nitrogen and oxygen atoms in total. The molecule has 0 radical (unpaired) electrons. The fourth-order valence-corrected chi connectivity index (χ4v) is 2.21. The highest BCUT2D eigenvalue weighted by Gasteiger charge is 2.13. The SMILES string of the molecule is COc1cccc2cc(C(C)NCc3ccncn3)oc12. The van der Waals surface area contributed by atoms with Crippen molar-refractivity contribution in [2.24, 2.45) is 0 Å². The van der Waals surface area contributed by atoms with Gasteiger partial charge in [0, 0.05) is 18.1 Å². The van der Waals surface area contributed by atoms with E-state index in [2.05, 4.69) is 22.2 Å². The molecule has 1 unspecified atom stereocenters. The van der Waals surface area contributed by atoms with Crippen LogP contribution < -0.4 is 10.1 Å². The minimum atomic E-state index is 0.0806. The second-order valence-electron chi connectivity index (χ2n) is 4.83. The highest BCUT2D eigenvalue weighted by atomic mass is 16.5. The summed E-state index contributed by atoms with van der Waals surface area (Å²) in [6.07, 6.45) is 3.29. The first-order valence-electron chi connectivity index (χ1n) is 6.82. The van der Waals surface area contributed by atoms with Gasteiger partial charge < -0.3 is 14.5 Å². The minimum absolute atomic E-state index is 0.0806. The molecule has 3 rings (SSSR count). The topological polar surface area (TPSA) is 60.2 Å². The van der Waals surface area contributed by atoms with Gasteiger partial charge in [0.25, 0.3) is 0 Å².